The minimum Gasteiger partial charge on any atom is -0.508 e. The van der Waals surface area contributed by atoms with E-state index in [1.165, 1.54) is 29.1 Å². The normalized spacial score (nSPS) is 17.5. The van der Waals surface area contributed by atoms with E-state index in [0.717, 1.165) is 24.8 Å². The lowest BCUT2D eigenvalue weighted by atomic mass is 9.89. The largest absolute Gasteiger partial charge is 0.508 e. The van der Waals surface area contributed by atoms with Crippen molar-refractivity contribution >= 4 is 27.5 Å². The van der Waals surface area contributed by atoms with Crippen LogP contribution in [0.25, 0.3) is 10.2 Å². The van der Waals surface area contributed by atoms with Crippen LogP contribution in [0.3, 0.4) is 0 Å². The van der Waals surface area contributed by atoms with Gasteiger partial charge in [-0.05, 0) is 61.9 Å². The van der Waals surface area contributed by atoms with Crippen LogP contribution in [0.4, 0.5) is 0 Å². The highest BCUT2D eigenvalue weighted by Gasteiger charge is 2.24. The fourth-order valence-electron chi connectivity index (χ4n) is 3.44. The number of carbonyl (C=O) groups excluding carboxylic acids is 1. The van der Waals surface area contributed by atoms with Crippen LogP contribution >= 0.6 is 11.3 Å². The predicted molar refractivity (Wildman–Crippen MR) is 103 cm³/mol. The highest BCUT2D eigenvalue weighted by Crippen LogP contribution is 2.36. The Bertz CT molecular complexity index is 1070. The number of phenols is 1. The molecule has 0 radical (unpaired) electrons. The number of hydrogen-bond donors (Lipinski definition) is 2. The van der Waals surface area contributed by atoms with Gasteiger partial charge in [-0.1, -0.05) is 6.92 Å². The van der Waals surface area contributed by atoms with E-state index in [-0.39, 0.29) is 11.3 Å². The molecule has 0 saturated carbocycles. The molecule has 1 aliphatic rings. The molecule has 0 bridgehead atoms. The Balaban J connectivity index is 1.62. The van der Waals surface area contributed by atoms with Crippen molar-refractivity contribution in [3.05, 3.63) is 56.4 Å². The van der Waals surface area contributed by atoms with Crippen molar-refractivity contribution in [2.45, 2.75) is 39.2 Å². The maximum absolute atomic E-state index is 12.7. The summed E-state index contributed by atoms with van der Waals surface area (Å²) < 4.78 is 5.44. The van der Waals surface area contributed by atoms with E-state index in [9.17, 15) is 14.7 Å². The van der Waals surface area contributed by atoms with Crippen LogP contribution < -0.4 is 5.56 Å². The Kier molecular flexibility index (Phi) is 4.47. The molecule has 2 aromatic heterocycles. The molecule has 0 spiro atoms. The molecule has 2 atom stereocenters. The molecule has 7 heteroatoms. The van der Waals surface area contributed by atoms with Crippen molar-refractivity contribution in [2.24, 2.45) is 5.92 Å². The summed E-state index contributed by atoms with van der Waals surface area (Å²) in [5.74, 6) is 0.497. The summed E-state index contributed by atoms with van der Waals surface area (Å²) in [6, 6.07) is 5.81. The number of thiophene rings is 1. The number of aromatic amines is 1. The van der Waals surface area contributed by atoms with Gasteiger partial charge in [0.1, 0.15) is 10.6 Å². The van der Waals surface area contributed by atoms with Crippen LogP contribution in [0.15, 0.2) is 29.1 Å². The van der Waals surface area contributed by atoms with Gasteiger partial charge in [-0.25, -0.2) is 9.78 Å². The zero-order valence-electron chi connectivity index (χ0n) is 15.1. The van der Waals surface area contributed by atoms with E-state index < -0.39 is 12.1 Å². The summed E-state index contributed by atoms with van der Waals surface area (Å²) in [6.45, 7) is 3.90. The molecule has 0 saturated heterocycles. The lowest BCUT2D eigenvalue weighted by Crippen LogP contribution is -2.18. The van der Waals surface area contributed by atoms with Crippen molar-refractivity contribution in [1.29, 1.82) is 0 Å². The molecule has 0 fully saturated rings. The van der Waals surface area contributed by atoms with E-state index >= 15 is 0 Å². The van der Waals surface area contributed by atoms with Gasteiger partial charge in [0.05, 0.1) is 10.9 Å². The molecule has 2 N–H and O–H groups in total. The second kappa shape index (κ2) is 6.81. The first-order valence-corrected chi connectivity index (χ1v) is 9.78. The van der Waals surface area contributed by atoms with Crippen LogP contribution in [0.2, 0.25) is 0 Å². The lowest BCUT2D eigenvalue weighted by molar-refractivity contribution is 0.0320. The molecule has 0 amide bonds. The molecule has 1 aliphatic carbocycles. The van der Waals surface area contributed by atoms with Gasteiger partial charge in [0.2, 0.25) is 0 Å². The summed E-state index contributed by atoms with van der Waals surface area (Å²) in [7, 11) is 0. The number of phenolic OH excluding ortho intramolecular Hbond substituents is 1. The standard InChI is InChI=1S/C20H20N2O4S/c1-10-3-8-14-15(9-10)27-19-16(14)18(24)21-17(22-19)11(2)26-20(25)12-4-6-13(23)7-5-12/h4-7,10-11,23H,3,8-9H2,1-2H3,(H,21,22,24)/t10-,11+/m0/s1. The first-order valence-electron chi connectivity index (χ1n) is 8.97. The third kappa shape index (κ3) is 3.35. The summed E-state index contributed by atoms with van der Waals surface area (Å²) in [5.41, 5.74) is 1.28. The first kappa shape index (κ1) is 17.7. The number of benzene rings is 1. The molecule has 27 heavy (non-hydrogen) atoms. The van der Waals surface area contributed by atoms with Crippen LogP contribution in [0.5, 0.6) is 5.75 Å². The number of esters is 1. The summed E-state index contributed by atoms with van der Waals surface area (Å²) >= 11 is 1.57. The number of hydrogen-bond acceptors (Lipinski definition) is 6. The Hall–Kier alpha value is -2.67. The zero-order valence-corrected chi connectivity index (χ0v) is 15.9. The number of carbonyl (C=O) groups is 1. The number of rotatable bonds is 3. The van der Waals surface area contributed by atoms with Crippen molar-refractivity contribution < 1.29 is 14.6 Å². The quantitative estimate of drug-likeness (QED) is 0.671. The average molecular weight is 384 g/mol. The van der Waals surface area contributed by atoms with Gasteiger partial charge in [-0.2, -0.15) is 0 Å². The van der Waals surface area contributed by atoms with E-state index in [1.54, 1.807) is 18.3 Å². The van der Waals surface area contributed by atoms with Crippen LogP contribution in [0.1, 0.15) is 53.0 Å². The summed E-state index contributed by atoms with van der Waals surface area (Å²) in [5, 5.41) is 10.00. The van der Waals surface area contributed by atoms with Crippen LogP contribution in [0, 0.1) is 5.92 Å². The smallest absolute Gasteiger partial charge is 0.338 e. The number of ether oxygens (including phenoxy) is 1. The first-order chi connectivity index (χ1) is 12.9. The van der Waals surface area contributed by atoms with E-state index in [4.69, 9.17) is 4.74 Å². The Morgan fingerprint density at radius 1 is 1.37 bits per heavy atom. The maximum Gasteiger partial charge on any atom is 0.338 e. The van der Waals surface area contributed by atoms with Crippen molar-refractivity contribution in [1.82, 2.24) is 9.97 Å². The number of fused-ring (bicyclic) bond motifs is 3. The Labute approximate surface area is 159 Å². The van der Waals surface area contributed by atoms with Gasteiger partial charge < -0.3 is 14.8 Å². The number of nitrogens with zero attached hydrogens (tertiary/aromatic N) is 1. The SMILES string of the molecule is C[C@H]1CCc2c(sc3nc([C@@H](C)OC(=O)c4ccc(O)cc4)[nH]c(=O)c23)C1. The van der Waals surface area contributed by atoms with Crippen LogP contribution in [-0.4, -0.2) is 21.0 Å². The van der Waals surface area contributed by atoms with Gasteiger partial charge in [0, 0.05) is 4.88 Å². The molecule has 2 heterocycles. The molecule has 3 aromatic rings. The number of aryl methyl sites for hydroxylation is 1. The van der Waals surface area contributed by atoms with Crippen molar-refractivity contribution in [2.75, 3.05) is 0 Å². The number of aromatic nitrogens is 2. The predicted octanol–water partition coefficient (Wildman–Crippen LogP) is 3.73. The second-order valence-electron chi connectivity index (χ2n) is 7.08. The molecule has 140 valence electrons. The average Bonchev–Trinajstić information content (AvgIpc) is 2.99. The number of aromatic hydroxyl groups is 1. The molecule has 0 aliphatic heterocycles. The molecule has 6 nitrogen and oxygen atoms in total. The summed E-state index contributed by atoms with van der Waals surface area (Å²) in [6.07, 6.45) is 2.28. The summed E-state index contributed by atoms with van der Waals surface area (Å²) in [4.78, 5) is 34.2. The van der Waals surface area contributed by atoms with Crippen LogP contribution in [-0.2, 0) is 17.6 Å². The fraction of sp³-hybridized carbons (Fsp3) is 0.350. The molecule has 1 aromatic carbocycles. The van der Waals surface area contributed by atoms with E-state index in [1.807, 2.05) is 0 Å². The second-order valence-corrected chi connectivity index (χ2v) is 8.16. The minimum absolute atomic E-state index is 0.0760. The van der Waals surface area contributed by atoms with Gasteiger partial charge in [0.25, 0.3) is 5.56 Å². The Morgan fingerprint density at radius 2 is 2.11 bits per heavy atom. The molecule has 4 rings (SSSR count). The monoisotopic (exact) mass is 384 g/mol. The molecular formula is C20H20N2O4S. The third-order valence-corrected chi connectivity index (χ3v) is 6.10. The highest BCUT2D eigenvalue weighted by molar-refractivity contribution is 7.18. The fourth-order valence-corrected chi connectivity index (χ4v) is 4.83. The van der Waals surface area contributed by atoms with Gasteiger partial charge >= 0.3 is 5.97 Å². The van der Waals surface area contributed by atoms with E-state index in [0.29, 0.717) is 27.5 Å². The van der Waals surface area contributed by atoms with Crippen molar-refractivity contribution in [3.8, 4) is 5.75 Å². The molecular weight excluding hydrogens is 364 g/mol. The van der Waals surface area contributed by atoms with Gasteiger partial charge in [-0.15, -0.1) is 11.3 Å². The van der Waals surface area contributed by atoms with Gasteiger partial charge in [-0.3, -0.25) is 4.79 Å². The minimum atomic E-state index is -0.693. The van der Waals surface area contributed by atoms with E-state index in [2.05, 4.69) is 16.9 Å². The maximum atomic E-state index is 12.7. The number of nitrogens with one attached hydrogen (secondary N) is 1. The molecule has 0 unspecified atom stereocenters. The third-order valence-electron chi connectivity index (χ3n) is 4.96. The highest BCUT2D eigenvalue weighted by atomic mass is 32.1. The number of H-pyrrole nitrogens is 1. The van der Waals surface area contributed by atoms with Gasteiger partial charge in [0.15, 0.2) is 11.9 Å². The van der Waals surface area contributed by atoms with Crippen molar-refractivity contribution in [3.63, 3.8) is 0 Å². The lowest BCUT2D eigenvalue weighted by Gasteiger charge is -2.17. The topological polar surface area (TPSA) is 92.3 Å². The Morgan fingerprint density at radius 3 is 2.85 bits per heavy atom. The zero-order chi connectivity index (χ0) is 19.1.